The number of aromatic nitrogens is 1. The number of ether oxygens (including phenoxy) is 1. The standard InChI is InChI=1S/C10H14BrClN2O/c1-10(2,6-15-3)14-9-8(12)4-7(11)5-13-9/h4-5H,6H2,1-3H3,(H,13,14). The third kappa shape index (κ3) is 3.97. The molecule has 1 aromatic rings. The molecular formula is C10H14BrClN2O. The van der Waals surface area contributed by atoms with E-state index in [4.69, 9.17) is 16.3 Å². The highest BCUT2D eigenvalue weighted by atomic mass is 79.9. The van der Waals surface area contributed by atoms with Crippen LogP contribution in [-0.2, 0) is 4.74 Å². The SMILES string of the molecule is COCC(C)(C)Nc1ncc(Br)cc1Cl. The molecule has 0 spiro atoms. The zero-order valence-electron chi connectivity index (χ0n) is 8.97. The minimum atomic E-state index is -0.195. The Morgan fingerprint density at radius 3 is 2.80 bits per heavy atom. The van der Waals surface area contributed by atoms with Gasteiger partial charge in [0.15, 0.2) is 0 Å². The van der Waals surface area contributed by atoms with Gasteiger partial charge in [0.1, 0.15) is 5.82 Å². The molecule has 0 unspecified atom stereocenters. The highest BCUT2D eigenvalue weighted by molar-refractivity contribution is 9.10. The van der Waals surface area contributed by atoms with Crippen molar-refractivity contribution in [1.82, 2.24) is 4.98 Å². The number of hydrogen-bond acceptors (Lipinski definition) is 3. The first-order valence-electron chi connectivity index (χ1n) is 4.53. The first-order valence-corrected chi connectivity index (χ1v) is 5.70. The van der Waals surface area contributed by atoms with Gasteiger partial charge in [-0.15, -0.1) is 0 Å². The lowest BCUT2D eigenvalue weighted by molar-refractivity contribution is 0.158. The van der Waals surface area contributed by atoms with Crippen LogP contribution in [0.1, 0.15) is 13.8 Å². The molecule has 0 aromatic carbocycles. The van der Waals surface area contributed by atoms with Crippen LogP contribution in [0.5, 0.6) is 0 Å². The fraction of sp³-hybridized carbons (Fsp3) is 0.500. The Labute approximate surface area is 103 Å². The maximum absolute atomic E-state index is 6.04. The van der Waals surface area contributed by atoms with Crippen molar-refractivity contribution in [3.63, 3.8) is 0 Å². The Balaban J connectivity index is 2.80. The van der Waals surface area contributed by atoms with Gasteiger partial charge in [-0.3, -0.25) is 0 Å². The van der Waals surface area contributed by atoms with Crippen LogP contribution in [0, 0.1) is 0 Å². The van der Waals surface area contributed by atoms with E-state index in [0.717, 1.165) is 4.47 Å². The van der Waals surface area contributed by atoms with E-state index in [9.17, 15) is 0 Å². The predicted molar refractivity (Wildman–Crippen MR) is 66.5 cm³/mol. The maximum Gasteiger partial charge on any atom is 0.145 e. The van der Waals surface area contributed by atoms with Crippen molar-refractivity contribution in [3.8, 4) is 0 Å². The average molecular weight is 294 g/mol. The summed E-state index contributed by atoms with van der Waals surface area (Å²) in [6.07, 6.45) is 1.71. The molecule has 1 aromatic heterocycles. The Hall–Kier alpha value is -0.320. The summed E-state index contributed by atoms with van der Waals surface area (Å²) in [6, 6.07) is 1.81. The summed E-state index contributed by atoms with van der Waals surface area (Å²) in [5.41, 5.74) is -0.195. The summed E-state index contributed by atoms with van der Waals surface area (Å²) < 4.78 is 5.96. The number of nitrogens with one attached hydrogen (secondary N) is 1. The number of hydrogen-bond donors (Lipinski definition) is 1. The van der Waals surface area contributed by atoms with Crippen molar-refractivity contribution in [2.75, 3.05) is 19.0 Å². The number of methoxy groups -OCH3 is 1. The lowest BCUT2D eigenvalue weighted by Crippen LogP contribution is -2.36. The Kier molecular flexibility index (Phi) is 4.37. The third-order valence-corrected chi connectivity index (χ3v) is 2.49. The van der Waals surface area contributed by atoms with Crippen molar-refractivity contribution in [3.05, 3.63) is 21.8 Å². The average Bonchev–Trinajstić information content (AvgIpc) is 2.09. The van der Waals surface area contributed by atoms with E-state index < -0.39 is 0 Å². The van der Waals surface area contributed by atoms with Crippen LogP contribution in [0.15, 0.2) is 16.7 Å². The van der Waals surface area contributed by atoms with Gasteiger partial charge in [0.2, 0.25) is 0 Å². The van der Waals surface area contributed by atoms with E-state index in [1.165, 1.54) is 0 Å². The zero-order chi connectivity index (χ0) is 11.5. The van der Waals surface area contributed by atoms with E-state index in [2.05, 4.69) is 26.2 Å². The van der Waals surface area contributed by atoms with Crippen LogP contribution < -0.4 is 5.32 Å². The second kappa shape index (κ2) is 5.14. The minimum absolute atomic E-state index is 0.195. The van der Waals surface area contributed by atoms with E-state index in [-0.39, 0.29) is 5.54 Å². The molecule has 15 heavy (non-hydrogen) atoms. The highest BCUT2D eigenvalue weighted by Crippen LogP contribution is 2.25. The summed E-state index contributed by atoms with van der Waals surface area (Å²) >= 11 is 9.35. The molecule has 0 aliphatic heterocycles. The topological polar surface area (TPSA) is 34.1 Å². The Morgan fingerprint density at radius 1 is 1.60 bits per heavy atom. The molecule has 5 heteroatoms. The first-order chi connectivity index (χ1) is 6.94. The first kappa shape index (κ1) is 12.7. The minimum Gasteiger partial charge on any atom is -0.382 e. The van der Waals surface area contributed by atoms with Gasteiger partial charge in [-0.1, -0.05) is 11.6 Å². The summed E-state index contributed by atoms with van der Waals surface area (Å²) in [7, 11) is 1.67. The summed E-state index contributed by atoms with van der Waals surface area (Å²) in [5.74, 6) is 0.668. The third-order valence-electron chi connectivity index (χ3n) is 1.77. The van der Waals surface area contributed by atoms with Crippen molar-refractivity contribution in [2.24, 2.45) is 0 Å². The number of pyridine rings is 1. The molecule has 0 saturated carbocycles. The lowest BCUT2D eigenvalue weighted by atomic mass is 10.1. The molecule has 0 fully saturated rings. The second-order valence-electron chi connectivity index (χ2n) is 3.93. The Morgan fingerprint density at radius 2 is 2.27 bits per heavy atom. The van der Waals surface area contributed by atoms with Crippen LogP contribution in [-0.4, -0.2) is 24.2 Å². The molecule has 0 aliphatic carbocycles. The highest BCUT2D eigenvalue weighted by Gasteiger charge is 2.18. The molecule has 0 atom stereocenters. The monoisotopic (exact) mass is 292 g/mol. The molecule has 3 nitrogen and oxygen atoms in total. The molecule has 0 aliphatic rings. The normalized spacial score (nSPS) is 11.5. The van der Waals surface area contributed by atoms with Crippen LogP contribution in [0.4, 0.5) is 5.82 Å². The fourth-order valence-electron chi connectivity index (χ4n) is 1.22. The molecule has 0 saturated heterocycles. The smallest absolute Gasteiger partial charge is 0.145 e. The molecule has 1 heterocycles. The molecular weight excluding hydrogens is 279 g/mol. The summed E-state index contributed by atoms with van der Waals surface area (Å²) in [5, 5.41) is 3.82. The number of halogens is 2. The number of rotatable bonds is 4. The fourth-order valence-corrected chi connectivity index (χ4v) is 1.90. The molecule has 0 radical (unpaired) electrons. The van der Waals surface area contributed by atoms with Gasteiger partial charge >= 0.3 is 0 Å². The van der Waals surface area contributed by atoms with E-state index >= 15 is 0 Å². The van der Waals surface area contributed by atoms with Gasteiger partial charge < -0.3 is 10.1 Å². The molecule has 1 rings (SSSR count). The quantitative estimate of drug-likeness (QED) is 0.924. The van der Waals surface area contributed by atoms with Crippen molar-refractivity contribution in [1.29, 1.82) is 0 Å². The maximum atomic E-state index is 6.04. The van der Waals surface area contributed by atoms with Crippen molar-refractivity contribution >= 4 is 33.3 Å². The Bertz CT molecular complexity index is 344. The summed E-state index contributed by atoms with van der Waals surface area (Å²) in [6.45, 7) is 4.63. The van der Waals surface area contributed by atoms with Gasteiger partial charge in [0.25, 0.3) is 0 Å². The largest absolute Gasteiger partial charge is 0.382 e. The number of nitrogens with zero attached hydrogens (tertiary/aromatic N) is 1. The van der Waals surface area contributed by atoms with E-state index in [1.807, 2.05) is 13.8 Å². The van der Waals surface area contributed by atoms with Crippen molar-refractivity contribution < 1.29 is 4.74 Å². The molecule has 0 amide bonds. The molecule has 1 N–H and O–H groups in total. The molecule has 84 valence electrons. The van der Waals surface area contributed by atoms with Gasteiger partial charge in [-0.05, 0) is 35.8 Å². The number of anilines is 1. The summed E-state index contributed by atoms with van der Waals surface area (Å²) in [4.78, 5) is 4.20. The van der Waals surface area contributed by atoms with Crippen LogP contribution >= 0.6 is 27.5 Å². The zero-order valence-corrected chi connectivity index (χ0v) is 11.3. The predicted octanol–water partition coefficient (Wildman–Crippen LogP) is 3.33. The van der Waals surface area contributed by atoms with Gasteiger partial charge in [-0.25, -0.2) is 4.98 Å². The molecule has 0 bridgehead atoms. The van der Waals surface area contributed by atoms with Gasteiger partial charge in [0.05, 0.1) is 17.2 Å². The second-order valence-corrected chi connectivity index (χ2v) is 5.25. The van der Waals surface area contributed by atoms with Gasteiger partial charge in [0, 0.05) is 17.8 Å². The lowest BCUT2D eigenvalue weighted by Gasteiger charge is -2.26. The van der Waals surface area contributed by atoms with Crippen LogP contribution in [0.25, 0.3) is 0 Å². The van der Waals surface area contributed by atoms with E-state index in [0.29, 0.717) is 17.4 Å². The van der Waals surface area contributed by atoms with Crippen molar-refractivity contribution in [2.45, 2.75) is 19.4 Å². The van der Waals surface area contributed by atoms with Gasteiger partial charge in [-0.2, -0.15) is 0 Å². The van der Waals surface area contributed by atoms with Crippen LogP contribution in [0.2, 0.25) is 5.02 Å². The van der Waals surface area contributed by atoms with E-state index in [1.54, 1.807) is 19.4 Å². The van der Waals surface area contributed by atoms with Crippen LogP contribution in [0.3, 0.4) is 0 Å².